The maximum absolute atomic E-state index is 12.4. The molecule has 0 fully saturated rings. The normalized spacial score (nSPS) is 13.9. The van der Waals surface area contributed by atoms with Gasteiger partial charge in [0, 0.05) is 0 Å². The first-order valence-electron chi connectivity index (χ1n) is 6.96. The summed E-state index contributed by atoms with van der Waals surface area (Å²) in [6, 6.07) is 6.34. The zero-order valence-electron chi connectivity index (χ0n) is 13.2. The van der Waals surface area contributed by atoms with E-state index in [4.69, 9.17) is 0 Å². The van der Waals surface area contributed by atoms with Gasteiger partial charge in [0.25, 0.3) is 0 Å². The quantitative estimate of drug-likeness (QED) is 0.843. The molecule has 0 saturated heterocycles. The number of anilines is 1. The molecule has 0 aliphatic rings. The molecule has 0 bridgehead atoms. The minimum atomic E-state index is -1.09. The van der Waals surface area contributed by atoms with Gasteiger partial charge in [-0.25, -0.2) is 4.21 Å². The minimum absolute atomic E-state index is 0.266. The Morgan fingerprint density at radius 1 is 1.00 bits per heavy atom. The third-order valence-electron chi connectivity index (χ3n) is 3.12. The highest BCUT2D eigenvalue weighted by molar-refractivity contribution is 7.87. The summed E-state index contributed by atoms with van der Waals surface area (Å²) in [6.45, 7) is 14.7. The average Bonchev–Trinajstić information content (AvgIpc) is 2.27. The largest absolute Gasteiger partial charge is 0.304 e. The molecule has 1 rings (SSSR count). The van der Waals surface area contributed by atoms with Crippen molar-refractivity contribution in [3.63, 3.8) is 0 Å². The van der Waals surface area contributed by atoms with Crippen molar-refractivity contribution < 1.29 is 4.21 Å². The highest BCUT2D eigenvalue weighted by Gasteiger charge is 2.22. The molecule has 2 nitrogen and oxygen atoms in total. The second-order valence-corrected chi connectivity index (χ2v) is 8.57. The highest BCUT2D eigenvalue weighted by atomic mass is 32.2. The molecule has 0 aliphatic heterocycles. The maximum atomic E-state index is 12.4. The van der Waals surface area contributed by atoms with Crippen LogP contribution >= 0.6 is 0 Å². The van der Waals surface area contributed by atoms with Crippen molar-refractivity contribution in [2.24, 2.45) is 0 Å². The fraction of sp³-hybridized carbons (Fsp3) is 0.625. The Balaban J connectivity index is 3.26. The van der Waals surface area contributed by atoms with Crippen LogP contribution in [0.5, 0.6) is 0 Å². The maximum Gasteiger partial charge on any atom is 0.122 e. The number of hydrogen-bond donors (Lipinski definition) is 1. The lowest BCUT2D eigenvalue weighted by Gasteiger charge is -2.24. The monoisotopic (exact) mass is 281 g/mol. The number of hydrogen-bond acceptors (Lipinski definition) is 1. The van der Waals surface area contributed by atoms with Crippen LogP contribution < -0.4 is 4.72 Å². The molecule has 3 heteroatoms. The molecular formula is C16H27NOS. The third-order valence-corrected chi connectivity index (χ3v) is 4.63. The molecule has 1 N–H and O–H groups in total. The van der Waals surface area contributed by atoms with E-state index >= 15 is 0 Å². The molecular weight excluding hydrogens is 254 g/mol. The number of rotatable bonds is 4. The van der Waals surface area contributed by atoms with Crippen LogP contribution in [0.25, 0.3) is 0 Å². The highest BCUT2D eigenvalue weighted by Crippen LogP contribution is 2.33. The van der Waals surface area contributed by atoms with Crippen molar-refractivity contribution >= 4 is 16.7 Å². The fourth-order valence-corrected chi connectivity index (χ4v) is 2.64. The van der Waals surface area contributed by atoms with Crippen molar-refractivity contribution in [1.29, 1.82) is 0 Å². The Morgan fingerprint density at radius 2 is 1.42 bits per heavy atom. The molecule has 1 unspecified atom stereocenters. The lowest BCUT2D eigenvalue weighted by molar-refractivity contribution is 0.653. The number of benzene rings is 1. The summed E-state index contributed by atoms with van der Waals surface area (Å²) in [6.07, 6.45) is 0. The van der Waals surface area contributed by atoms with Crippen molar-refractivity contribution in [2.75, 3.05) is 4.72 Å². The molecule has 0 spiro atoms. The lowest BCUT2D eigenvalue weighted by Crippen LogP contribution is -2.28. The van der Waals surface area contributed by atoms with E-state index in [-0.39, 0.29) is 4.75 Å². The molecule has 0 aromatic heterocycles. The first-order valence-corrected chi connectivity index (χ1v) is 8.11. The van der Waals surface area contributed by atoms with E-state index < -0.39 is 11.0 Å². The first kappa shape index (κ1) is 16.2. The van der Waals surface area contributed by atoms with E-state index in [1.807, 2.05) is 20.8 Å². The Hall–Kier alpha value is -0.830. The van der Waals surface area contributed by atoms with Gasteiger partial charge in [-0.3, -0.25) is 0 Å². The van der Waals surface area contributed by atoms with E-state index in [1.54, 1.807) is 0 Å². The van der Waals surface area contributed by atoms with Crippen LogP contribution in [-0.2, 0) is 11.0 Å². The summed E-state index contributed by atoms with van der Waals surface area (Å²) in [4.78, 5) is 0. The third kappa shape index (κ3) is 4.07. The van der Waals surface area contributed by atoms with Gasteiger partial charge in [0.05, 0.1) is 10.4 Å². The lowest BCUT2D eigenvalue weighted by atomic mass is 9.93. The van der Waals surface area contributed by atoms with Crippen molar-refractivity contribution in [3.05, 3.63) is 29.3 Å². The Morgan fingerprint density at radius 3 is 1.74 bits per heavy atom. The molecule has 1 atom stereocenters. The fourth-order valence-electron chi connectivity index (χ4n) is 1.91. The van der Waals surface area contributed by atoms with Gasteiger partial charge in [-0.15, -0.1) is 0 Å². The van der Waals surface area contributed by atoms with Crippen LogP contribution in [-0.4, -0.2) is 8.96 Å². The van der Waals surface area contributed by atoms with Crippen LogP contribution in [0.15, 0.2) is 18.2 Å². The smallest absolute Gasteiger partial charge is 0.122 e. The van der Waals surface area contributed by atoms with Gasteiger partial charge in [-0.1, -0.05) is 45.9 Å². The van der Waals surface area contributed by atoms with Crippen LogP contribution in [0.4, 0.5) is 5.69 Å². The molecule has 108 valence electrons. The molecule has 1 aromatic carbocycles. The Bertz CT molecular complexity index is 432. The molecule has 19 heavy (non-hydrogen) atoms. The van der Waals surface area contributed by atoms with E-state index in [0.29, 0.717) is 11.8 Å². The van der Waals surface area contributed by atoms with Crippen LogP contribution in [0.3, 0.4) is 0 Å². The molecule has 0 heterocycles. The molecule has 0 amide bonds. The zero-order chi connectivity index (χ0) is 14.8. The van der Waals surface area contributed by atoms with Gasteiger partial charge in [-0.05, 0) is 43.7 Å². The molecule has 0 radical (unpaired) electrons. The zero-order valence-corrected chi connectivity index (χ0v) is 14.0. The van der Waals surface area contributed by atoms with Crippen molar-refractivity contribution in [2.45, 2.75) is 65.0 Å². The van der Waals surface area contributed by atoms with E-state index in [0.717, 1.165) is 5.69 Å². The van der Waals surface area contributed by atoms with Gasteiger partial charge in [0.15, 0.2) is 0 Å². The standard InChI is InChI=1S/C16H27NOS/c1-11(2)13-9-8-10-14(12(3)4)15(13)17-19(18)16(5,6)7/h8-12,17H,1-7H3. The van der Waals surface area contributed by atoms with Gasteiger partial charge in [0.1, 0.15) is 11.0 Å². The van der Waals surface area contributed by atoms with Crippen LogP contribution in [0.1, 0.15) is 71.4 Å². The van der Waals surface area contributed by atoms with Crippen molar-refractivity contribution in [3.8, 4) is 0 Å². The van der Waals surface area contributed by atoms with Crippen LogP contribution in [0.2, 0.25) is 0 Å². The summed E-state index contributed by atoms with van der Waals surface area (Å²) in [7, 11) is -1.09. The topological polar surface area (TPSA) is 29.1 Å². The van der Waals surface area contributed by atoms with Crippen LogP contribution in [0, 0.1) is 0 Å². The van der Waals surface area contributed by atoms with Gasteiger partial charge in [0.2, 0.25) is 0 Å². The summed E-state index contributed by atoms with van der Waals surface area (Å²) in [5, 5.41) is 0. The predicted octanol–water partition coefficient (Wildman–Crippen LogP) is 4.81. The first-order chi connectivity index (χ1) is 8.64. The number of para-hydroxylation sites is 1. The molecule has 1 aromatic rings. The molecule has 0 saturated carbocycles. The predicted molar refractivity (Wildman–Crippen MR) is 86.1 cm³/mol. The van der Waals surface area contributed by atoms with E-state index in [1.165, 1.54) is 11.1 Å². The van der Waals surface area contributed by atoms with Gasteiger partial charge in [-0.2, -0.15) is 0 Å². The second kappa shape index (κ2) is 6.08. The van der Waals surface area contributed by atoms with Gasteiger partial charge < -0.3 is 4.72 Å². The Labute approximate surface area is 120 Å². The summed E-state index contributed by atoms with van der Waals surface area (Å²) >= 11 is 0. The summed E-state index contributed by atoms with van der Waals surface area (Å²) < 4.78 is 15.4. The molecule has 0 aliphatic carbocycles. The van der Waals surface area contributed by atoms with E-state index in [9.17, 15) is 4.21 Å². The average molecular weight is 281 g/mol. The summed E-state index contributed by atoms with van der Waals surface area (Å²) in [5.41, 5.74) is 3.54. The van der Waals surface area contributed by atoms with Crippen molar-refractivity contribution in [1.82, 2.24) is 0 Å². The van der Waals surface area contributed by atoms with E-state index in [2.05, 4.69) is 50.6 Å². The SMILES string of the molecule is CC(C)c1cccc(C(C)C)c1NS(=O)C(C)(C)C. The number of nitrogens with one attached hydrogen (secondary N) is 1. The second-order valence-electron chi connectivity index (χ2n) is 6.60. The Kier molecular flexibility index (Phi) is 5.19. The summed E-state index contributed by atoms with van der Waals surface area (Å²) in [5.74, 6) is 0.830. The van der Waals surface area contributed by atoms with Gasteiger partial charge >= 0.3 is 0 Å². The minimum Gasteiger partial charge on any atom is -0.304 e.